The van der Waals surface area contributed by atoms with Crippen molar-refractivity contribution in [1.82, 2.24) is 10.2 Å². The molecule has 1 saturated heterocycles. The molecule has 1 fully saturated rings. The fourth-order valence-corrected chi connectivity index (χ4v) is 3.75. The predicted octanol–water partition coefficient (Wildman–Crippen LogP) is 4.27. The first-order valence-electron chi connectivity index (χ1n) is 11.6. The molecule has 0 aromatic heterocycles. The van der Waals surface area contributed by atoms with E-state index in [1.54, 1.807) is 41.3 Å². The summed E-state index contributed by atoms with van der Waals surface area (Å²) in [6.07, 6.45) is 6.57. The lowest BCUT2D eigenvalue weighted by molar-refractivity contribution is -0.138. The van der Waals surface area contributed by atoms with Gasteiger partial charge in [0.05, 0.1) is 12.2 Å². The average Bonchev–Trinajstić information content (AvgIpc) is 2.85. The van der Waals surface area contributed by atoms with Crippen LogP contribution in [0.3, 0.4) is 0 Å². The molecule has 0 bridgehead atoms. The minimum absolute atomic E-state index is 0.148. The number of rotatable bonds is 8. The third-order valence-corrected chi connectivity index (χ3v) is 5.68. The molecule has 1 atom stereocenters. The lowest BCUT2D eigenvalue weighted by Crippen LogP contribution is -2.51. The number of nitrogens with zero attached hydrogens (tertiary/aromatic N) is 1. The summed E-state index contributed by atoms with van der Waals surface area (Å²) in [7, 11) is 0. The largest absolute Gasteiger partial charge is 0.462 e. The van der Waals surface area contributed by atoms with Crippen LogP contribution in [0.1, 0.15) is 59.7 Å². The van der Waals surface area contributed by atoms with Gasteiger partial charge in [0.2, 0.25) is 11.8 Å². The van der Waals surface area contributed by atoms with E-state index in [2.05, 4.69) is 5.32 Å². The van der Waals surface area contributed by atoms with Gasteiger partial charge in [0.1, 0.15) is 6.04 Å². The molecular formula is C27H32N2O4. The highest BCUT2D eigenvalue weighted by atomic mass is 16.5. The van der Waals surface area contributed by atoms with Crippen LogP contribution in [0, 0.1) is 6.92 Å². The van der Waals surface area contributed by atoms with Gasteiger partial charge in [-0.1, -0.05) is 48.9 Å². The Morgan fingerprint density at radius 2 is 1.79 bits per heavy atom. The van der Waals surface area contributed by atoms with Crippen molar-refractivity contribution >= 4 is 23.9 Å². The number of carbonyl (C=O) groups is 3. The number of nitrogens with one attached hydrogen (secondary N) is 1. The van der Waals surface area contributed by atoms with E-state index in [-0.39, 0.29) is 17.8 Å². The van der Waals surface area contributed by atoms with Gasteiger partial charge < -0.3 is 15.0 Å². The van der Waals surface area contributed by atoms with Crippen LogP contribution >= 0.6 is 0 Å². The maximum atomic E-state index is 12.9. The summed E-state index contributed by atoms with van der Waals surface area (Å²) < 4.78 is 5.13. The van der Waals surface area contributed by atoms with Gasteiger partial charge in [0.15, 0.2) is 0 Å². The molecule has 0 spiro atoms. The number of hydrogen-bond donors (Lipinski definition) is 1. The first-order chi connectivity index (χ1) is 16.0. The molecule has 6 heteroatoms. The highest BCUT2D eigenvalue weighted by Crippen LogP contribution is 2.18. The second-order valence-corrected chi connectivity index (χ2v) is 8.34. The normalized spacial score (nSPS) is 15.9. The quantitative estimate of drug-likeness (QED) is 0.483. The van der Waals surface area contributed by atoms with Gasteiger partial charge in [0, 0.05) is 19.2 Å². The van der Waals surface area contributed by atoms with Gasteiger partial charge >= 0.3 is 5.97 Å². The molecule has 1 aliphatic heterocycles. The first-order valence-corrected chi connectivity index (χ1v) is 11.6. The highest BCUT2D eigenvalue weighted by Gasteiger charge is 2.30. The second-order valence-electron chi connectivity index (χ2n) is 8.34. The van der Waals surface area contributed by atoms with Crippen LogP contribution in [-0.2, 0) is 20.9 Å². The minimum Gasteiger partial charge on any atom is -0.462 e. The Morgan fingerprint density at radius 1 is 1.06 bits per heavy atom. The average molecular weight is 449 g/mol. The van der Waals surface area contributed by atoms with Crippen LogP contribution in [-0.4, -0.2) is 41.9 Å². The summed E-state index contributed by atoms with van der Waals surface area (Å²) in [5.74, 6) is -0.647. The van der Waals surface area contributed by atoms with Gasteiger partial charge in [-0.2, -0.15) is 0 Å². The molecule has 3 rings (SSSR count). The van der Waals surface area contributed by atoms with E-state index in [1.165, 1.54) is 0 Å². The first kappa shape index (κ1) is 24.2. The van der Waals surface area contributed by atoms with E-state index < -0.39 is 6.04 Å². The highest BCUT2D eigenvalue weighted by molar-refractivity contribution is 5.95. The van der Waals surface area contributed by atoms with Crippen molar-refractivity contribution in [3.8, 4) is 0 Å². The fourth-order valence-electron chi connectivity index (χ4n) is 3.75. The lowest BCUT2D eigenvalue weighted by Gasteiger charge is -2.34. The van der Waals surface area contributed by atoms with Gasteiger partial charge in [-0.05, 0) is 61.9 Å². The molecule has 0 unspecified atom stereocenters. The van der Waals surface area contributed by atoms with Crippen LogP contribution in [0.2, 0.25) is 0 Å². The van der Waals surface area contributed by atoms with Crippen molar-refractivity contribution < 1.29 is 19.1 Å². The van der Waals surface area contributed by atoms with Crippen LogP contribution in [0.5, 0.6) is 0 Å². The van der Waals surface area contributed by atoms with Crippen LogP contribution in [0.25, 0.3) is 6.08 Å². The second kappa shape index (κ2) is 12.0. The molecule has 0 saturated carbocycles. The summed E-state index contributed by atoms with van der Waals surface area (Å²) in [4.78, 5) is 39.3. The molecule has 1 N–H and O–H groups in total. The topological polar surface area (TPSA) is 75.7 Å². The number of benzene rings is 2. The van der Waals surface area contributed by atoms with Crippen LogP contribution in [0.15, 0.2) is 54.6 Å². The maximum absolute atomic E-state index is 12.9. The van der Waals surface area contributed by atoms with Crippen LogP contribution in [0.4, 0.5) is 0 Å². The zero-order valence-corrected chi connectivity index (χ0v) is 19.4. The minimum atomic E-state index is -0.475. The van der Waals surface area contributed by atoms with Crippen molar-refractivity contribution in [1.29, 1.82) is 0 Å². The smallest absolute Gasteiger partial charge is 0.338 e. The summed E-state index contributed by atoms with van der Waals surface area (Å²) in [6, 6.07) is 14.5. The SMILES string of the molecule is CCCOC(=O)c1ccc(CNC(=O)[C@H]2CCCCN2C(=O)/C=C/c2ccc(C)cc2)cc1. The van der Waals surface area contributed by atoms with Gasteiger partial charge in [-0.3, -0.25) is 9.59 Å². The monoisotopic (exact) mass is 448 g/mol. The summed E-state index contributed by atoms with van der Waals surface area (Å²) in [6.45, 7) is 5.27. The van der Waals surface area contributed by atoms with Crippen molar-refractivity contribution in [3.63, 3.8) is 0 Å². The van der Waals surface area contributed by atoms with E-state index in [0.717, 1.165) is 36.0 Å². The Hall–Kier alpha value is -3.41. The van der Waals surface area contributed by atoms with Crippen LogP contribution < -0.4 is 5.32 Å². The molecule has 0 radical (unpaired) electrons. The molecular weight excluding hydrogens is 416 g/mol. The lowest BCUT2D eigenvalue weighted by atomic mass is 10.0. The van der Waals surface area contributed by atoms with Gasteiger partial charge in [0.25, 0.3) is 0 Å². The Bertz CT molecular complexity index is 980. The zero-order valence-electron chi connectivity index (χ0n) is 19.4. The van der Waals surface area contributed by atoms with Gasteiger partial charge in [-0.25, -0.2) is 4.79 Å². The van der Waals surface area contributed by atoms with Crippen molar-refractivity contribution in [2.75, 3.05) is 13.2 Å². The predicted molar refractivity (Wildman–Crippen MR) is 128 cm³/mol. The molecule has 1 aliphatic rings. The van der Waals surface area contributed by atoms with Crippen molar-refractivity contribution in [3.05, 3.63) is 76.9 Å². The molecule has 0 aliphatic carbocycles. The Kier molecular flexibility index (Phi) is 8.81. The third-order valence-electron chi connectivity index (χ3n) is 5.68. The molecule has 174 valence electrons. The number of hydrogen-bond acceptors (Lipinski definition) is 4. The number of aryl methyl sites for hydroxylation is 1. The number of amides is 2. The number of piperidine rings is 1. The molecule has 33 heavy (non-hydrogen) atoms. The molecule has 1 heterocycles. The summed E-state index contributed by atoms with van der Waals surface area (Å²) >= 11 is 0. The maximum Gasteiger partial charge on any atom is 0.338 e. The fraction of sp³-hybridized carbons (Fsp3) is 0.370. The Morgan fingerprint density at radius 3 is 2.48 bits per heavy atom. The zero-order chi connectivity index (χ0) is 23.6. The Labute approximate surface area is 195 Å². The van der Waals surface area contributed by atoms with E-state index in [1.807, 2.05) is 38.1 Å². The van der Waals surface area contributed by atoms with Crippen molar-refractivity contribution in [2.24, 2.45) is 0 Å². The van der Waals surface area contributed by atoms with Gasteiger partial charge in [-0.15, -0.1) is 0 Å². The van der Waals surface area contributed by atoms with E-state index in [9.17, 15) is 14.4 Å². The number of likely N-dealkylation sites (tertiary alicyclic amines) is 1. The molecule has 2 aromatic carbocycles. The summed E-state index contributed by atoms with van der Waals surface area (Å²) in [5.41, 5.74) is 3.48. The number of ether oxygens (including phenoxy) is 1. The molecule has 2 amide bonds. The summed E-state index contributed by atoms with van der Waals surface area (Å²) in [5, 5.41) is 2.94. The van der Waals surface area contributed by atoms with E-state index in [0.29, 0.717) is 31.7 Å². The molecule has 6 nitrogen and oxygen atoms in total. The molecule has 2 aromatic rings. The third kappa shape index (κ3) is 7.04. The van der Waals surface area contributed by atoms with Crippen molar-refractivity contribution in [2.45, 2.75) is 52.1 Å². The standard InChI is InChI=1S/C27H32N2O4/c1-3-18-33-27(32)23-14-11-22(12-15-23)19-28-26(31)24-6-4-5-17-29(24)25(30)16-13-21-9-7-20(2)8-10-21/h7-16,24H,3-6,17-19H2,1-2H3,(H,28,31)/b16-13+/t24-/m1/s1. The number of esters is 1. The number of carbonyl (C=O) groups excluding carboxylic acids is 3. The Balaban J connectivity index is 1.56. The van der Waals surface area contributed by atoms with E-state index >= 15 is 0 Å². The van der Waals surface area contributed by atoms with E-state index in [4.69, 9.17) is 4.74 Å².